The van der Waals surface area contributed by atoms with Gasteiger partial charge in [0.1, 0.15) is 16.4 Å². The second-order valence-corrected chi connectivity index (χ2v) is 4.05. The second-order valence-electron chi connectivity index (χ2n) is 3.68. The Kier molecular flexibility index (Phi) is 3.15. The predicted molar refractivity (Wildman–Crippen MR) is 65.9 cm³/mol. The zero-order chi connectivity index (χ0) is 13.3. The highest BCUT2D eigenvalue weighted by Crippen LogP contribution is 2.21. The SMILES string of the molecule is Cc1ncc(C(=O)Nc2n[nH]c(C)c2Cl)c(=O)[nH]1. The highest BCUT2D eigenvalue weighted by Gasteiger charge is 2.15. The first kappa shape index (κ1) is 12.3. The van der Waals surface area contributed by atoms with Gasteiger partial charge in [-0.05, 0) is 13.8 Å². The molecule has 3 N–H and O–H groups in total. The molecule has 7 nitrogen and oxygen atoms in total. The Hall–Kier alpha value is -2.15. The molecule has 18 heavy (non-hydrogen) atoms. The smallest absolute Gasteiger partial charge is 0.264 e. The van der Waals surface area contributed by atoms with Gasteiger partial charge in [-0.1, -0.05) is 11.6 Å². The van der Waals surface area contributed by atoms with E-state index in [1.165, 1.54) is 6.20 Å². The number of rotatable bonds is 2. The van der Waals surface area contributed by atoms with E-state index in [0.29, 0.717) is 16.5 Å². The molecule has 0 saturated carbocycles. The molecule has 0 fully saturated rings. The third-order valence-corrected chi connectivity index (χ3v) is 2.74. The molecule has 8 heteroatoms. The van der Waals surface area contributed by atoms with Crippen molar-refractivity contribution in [1.29, 1.82) is 0 Å². The van der Waals surface area contributed by atoms with E-state index >= 15 is 0 Å². The molecule has 0 aliphatic carbocycles. The van der Waals surface area contributed by atoms with Crippen LogP contribution in [0.3, 0.4) is 0 Å². The normalized spacial score (nSPS) is 10.4. The summed E-state index contributed by atoms with van der Waals surface area (Å²) >= 11 is 5.90. The lowest BCUT2D eigenvalue weighted by Gasteiger charge is -2.01. The van der Waals surface area contributed by atoms with Gasteiger partial charge in [0.2, 0.25) is 0 Å². The molecule has 2 aromatic rings. The van der Waals surface area contributed by atoms with Crippen LogP contribution in [0.15, 0.2) is 11.0 Å². The zero-order valence-corrected chi connectivity index (χ0v) is 10.4. The van der Waals surface area contributed by atoms with Crippen LogP contribution in [0.1, 0.15) is 21.9 Å². The molecule has 0 aromatic carbocycles. The van der Waals surface area contributed by atoms with E-state index in [4.69, 9.17) is 11.6 Å². The van der Waals surface area contributed by atoms with Gasteiger partial charge in [0, 0.05) is 6.20 Å². The van der Waals surface area contributed by atoms with Crippen LogP contribution in [-0.2, 0) is 0 Å². The largest absolute Gasteiger partial charge is 0.310 e. The molecular formula is C10H10ClN5O2. The van der Waals surface area contributed by atoms with Gasteiger partial charge in [-0.3, -0.25) is 14.7 Å². The molecule has 2 aromatic heterocycles. The average Bonchev–Trinajstić information content (AvgIpc) is 2.61. The Morgan fingerprint density at radius 2 is 2.17 bits per heavy atom. The minimum Gasteiger partial charge on any atom is -0.310 e. The number of carbonyl (C=O) groups excluding carboxylic acids is 1. The number of carbonyl (C=O) groups is 1. The maximum Gasteiger partial charge on any atom is 0.264 e. The summed E-state index contributed by atoms with van der Waals surface area (Å²) in [5.41, 5.74) is 0.0172. The van der Waals surface area contributed by atoms with E-state index < -0.39 is 11.5 Å². The minimum absolute atomic E-state index is 0.0997. The molecule has 0 unspecified atom stereocenters. The summed E-state index contributed by atoms with van der Waals surface area (Å²) < 4.78 is 0. The Balaban J connectivity index is 2.28. The van der Waals surface area contributed by atoms with Crippen LogP contribution in [0.4, 0.5) is 5.82 Å². The topological polar surface area (TPSA) is 104 Å². The predicted octanol–water partition coefficient (Wildman–Crippen LogP) is 1.02. The average molecular weight is 268 g/mol. The van der Waals surface area contributed by atoms with Gasteiger partial charge in [0.15, 0.2) is 5.82 Å². The maximum absolute atomic E-state index is 11.8. The molecule has 0 spiro atoms. The summed E-state index contributed by atoms with van der Waals surface area (Å²) in [6.07, 6.45) is 1.21. The Labute approximate surface area is 107 Å². The number of nitrogens with one attached hydrogen (secondary N) is 3. The fourth-order valence-corrected chi connectivity index (χ4v) is 1.45. The summed E-state index contributed by atoms with van der Waals surface area (Å²) in [5, 5.41) is 9.17. The highest BCUT2D eigenvalue weighted by molar-refractivity contribution is 6.34. The molecule has 94 valence electrons. The number of anilines is 1. The van der Waals surface area contributed by atoms with Gasteiger partial charge in [-0.25, -0.2) is 4.98 Å². The monoisotopic (exact) mass is 267 g/mol. The third-order valence-electron chi connectivity index (χ3n) is 2.28. The first-order valence-corrected chi connectivity index (χ1v) is 5.44. The van der Waals surface area contributed by atoms with Crippen molar-refractivity contribution in [2.45, 2.75) is 13.8 Å². The summed E-state index contributed by atoms with van der Waals surface area (Å²) in [7, 11) is 0. The van der Waals surface area contributed by atoms with Crippen molar-refractivity contribution in [3.8, 4) is 0 Å². The van der Waals surface area contributed by atoms with Crippen molar-refractivity contribution in [3.63, 3.8) is 0 Å². The first-order valence-electron chi connectivity index (χ1n) is 5.06. The molecule has 0 saturated heterocycles. The van der Waals surface area contributed by atoms with Crippen LogP contribution in [0.2, 0.25) is 5.02 Å². The lowest BCUT2D eigenvalue weighted by molar-refractivity contribution is 0.102. The van der Waals surface area contributed by atoms with Crippen molar-refractivity contribution in [1.82, 2.24) is 20.2 Å². The van der Waals surface area contributed by atoms with Crippen molar-refractivity contribution < 1.29 is 4.79 Å². The number of amides is 1. The lowest BCUT2D eigenvalue weighted by atomic mass is 10.3. The molecule has 1 amide bonds. The van der Waals surface area contributed by atoms with Crippen LogP contribution >= 0.6 is 11.6 Å². The summed E-state index contributed by atoms with van der Waals surface area (Å²) in [6, 6.07) is 0. The third kappa shape index (κ3) is 2.25. The molecular weight excluding hydrogens is 258 g/mol. The second kappa shape index (κ2) is 4.61. The van der Waals surface area contributed by atoms with E-state index in [1.807, 2.05) is 0 Å². The van der Waals surface area contributed by atoms with Gasteiger partial charge < -0.3 is 10.3 Å². The van der Waals surface area contributed by atoms with E-state index in [0.717, 1.165) is 0 Å². The van der Waals surface area contributed by atoms with Crippen LogP contribution in [0, 0.1) is 13.8 Å². The first-order chi connectivity index (χ1) is 8.49. The van der Waals surface area contributed by atoms with Gasteiger partial charge in [-0.2, -0.15) is 5.10 Å². The van der Waals surface area contributed by atoms with Crippen LogP contribution in [0.25, 0.3) is 0 Å². The fourth-order valence-electron chi connectivity index (χ4n) is 1.32. The fraction of sp³-hybridized carbons (Fsp3) is 0.200. The number of aromatic nitrogens is 4. The number of halogens is 1. The van der Waals surface area contributed by atoms with E-state index in [2.05, 4.69) is 25.5 Å². The van der Waals surface area contributed by atoms with Gasteiger partial charge in [-0.15, -0.1) is 0 Å². The number of aryl methyl sites for hydroxylation is 2. The van der Waals surface area contributed by atoms with Crippen LogP contribution < -0.4 is 10.9 Å². The maximum atomic E-state index is 11.8. The molecule has 2 rings (SSSR count). The number of nitrogens with zero attached hydrogens (tertiary/aromatic N) is 2. The molecule has 0 aliphatic rings. The van der Waals surface area contributed by atoms with Gasteiger partial charge in [0.25, 0.3) is 11.5 Å². The van der Waals surface area contributed by atoms with E-state index in [-0.39, 0.29) is 11.4 Å². The molecule has 0 atom stereocenters. The zero-order valence-electron chi connectivity index (χ0n) is 9.67. The Morgan fingerprint density at radius 1 is 1.44 bits per heavy atom. The van der Waals surface area contributed by atoms with Gasteiger partial charge >= 0.3 is 0 Å². The Morgan fingerprint density at radius 3 is 2.72 bits per heavy atom. The van der Waals surface area contributed by atoms with Gasteiger partial charge in [0.05, 0.1) is 5.69 Å². The standard InChI is InChI=1S/C10H10ClN5O2/c1-4-7(11)8(16-15-4)14-10(18)6-3-12-5(2)13-9(6)17/h3H,1-2H3,(H,12,13,17)(H2,14,15,16,18). The Bertz CT molecular complexity index is 661. The van der Waals surface area contributed by atoms with E-state index in [1.54, 1.807) is 13.8 Å². The minimum atomic E-state index is -0.614. The summed E-state index contributed by atoms with van der Waals surface area (Å²) in [4.78, 5) is 29.7. The van der Waals surface area contributed by atoms with Crippen molar-refractivity contribution in [2.75, 3.05) is 5.32 Å². The quantitative estimate of drug-likeness (QED) is 0.755. The number of aromatic amines is 2. The molecule has 0 aliphatic heterocycles. The number of hydrogen-bond acceptors (Lipinski definition) is 4. The van der Waals surface area contributed by atoms with Crippen molar-refractivity contribution >= 4 is 23.3 Å². The van der Waals surface area contributed by atoms with Crippen LogP contribution in [-0.4, -0.2) is 26.1 Å². The van der Waals surface area contributed by atoms with Crippen molar-refractivity contribution in [3.05, 3.63) is 38.7 Å². The number of H-pyrrole nitrogens is 2. The molecule has 0 bridgehead atoms. The molecule has 2 heterocycles. The van der Waals surface area contributed by atoms with E-state index in [9.17, 15) is 9.59 Å². The number of hydrogen-bond donors (Lipinski definition) is 3. The van der Waals surface area contributed by atoms with Crippen LogP contribution in [0.5, 0.6) is 0 Å². The summed E-state index contributed by atoms with van der Waals surface area (Å²) in [5.74, 6) is 0.00138. The summed E-state index contributed by atoms with van der Waals surface area (Å²) in [6.45, 7) is 3.34. The highest BCUT2D eigenvalue weighted by atomic mass is 35.5. The van der Waals surface area contributed by atoms with Crippen molar-refractivity contribution in [2.24, 2.45) is 0 Å². The molecule has 0 radical (unpaired) electrons. The lowest BCUT2D eigenvalue weighted by Crippen LogP contribution is -2.24.